The van der Waals surface area contributed by atoms with Gasteiger partial charge in [-0.3, -0.25) is 4.72 Å². The molecule has 2 aromatic rings. The molecular formula is C17H17F4NO3S. The fraction of sp³-hybridized carbons (Fsp3) is 0.294. The summed E-state index contributed by atoms with van der Waals surface area (Å²) >= 11 is 0. The Hall–Kier alpha value is -2.29. The van der Waals surface area contributed by atoms with Gasteiger partial charge in [-0.1, -0.05) is 17.7 Å². The Bertz CT molecular complexity index is 868. The summed E-state index contributed by atoms with van der Waals surface area (Å²) in [7, 11) is -3.82. The molecule has 0 saturated carbocycles. The van der Waals surface area contributed by atoms with Crippen molar-refractivity contribution in [3.63, 3.8) is 0 Å². The molecule has 2 rings (SSSR count). The number of hydrogen-bond acceptors (Lipinski definition) is 3. The second kappa shape index (κ2) is 7.53. The fourth-order valence-corrected chi connectivity index (χ4v) is 3.13. The van der Waals surface area contributed by atoms with E-state index >= 15 is 0 Å². The van der Waals surface area contributed by atoms with Crippen LogP contribution in [0, 0.1) is 13.8 Å². The normalized spacial score (nSPS) is 12.3. The number of benzene rings is 2. The quantitative estimate of drug-likeness (QED) is 0.713. The van der Waals surface area contributed by atoms with Crippen LogP contribution in [0.3, 0.4) is 0 Å². The second-order valence-electron chi connectivity index (χ2n) is 5.75. The average Bonchev–Trinajstić information content (AvgIpc) is 2.55. The van der Waals surface area contributed by atoms with E-state index in [1.165, 1.54) is 37.3 Å². The molecule has 2 aromatic carbocycles. The number of sulfonamides is 1. The number of anilines is 1. The van der Waals surface area contributed by atoms with Crippen molar-refractivity contribution in [2.75, 3.05) is 11.3 Å². The zero-order valence-electron chi connectivity index (χ0n) is 14.0. The zero-order valence-corrected chi connectivity index (χ0v) is 14.8. The van der Waals surface area contributed by atoms with Crippen molar-refractivity contribution in [2.24, 2.45) is 0 Å². The van der Waals surface area contributed by atoms with Crippen molar-refractivity contribution in [2.45, 2.75) is 31.1 Å². The van der Waals surface area contributed by atoms with Gasteiger partial charge in [0, 0.05) is 0 Å². The molecule has 0 bridgehead atoms. The highest BCUT2D eigenvalue weighted by atomic mass is 32.2. The molecule has 1 N–H and O–H groups in total. The van der Waals surface area contributed by atoms with Gasteiger partial charge in [0.2, 0.25) is 0 Å². The summed E-state index contributed by atoms with van der Waals surface area (Å²) in [5.74, 6) is -4.33. The maximum atomic E-state index is 12.9. The lowest BCUT2D eigenvalue weighted by Crippen LogP contribution is -2.33. The van der Waals surface area contributed by atoms with Gasteiger partial charge in [-0.15, -0.1) is 0 Å². The number of nitrogens with one attached hydrogen (secondary N) is 1. The Kier molecular flexibility index (Phi) is 5.80. The standard InChI is InChI=1S/C17H17F4NO3S/c1-11-3-6-14(7-4-11)26(23,24)22-15-8-5-13(9-12(15)2)25-10-17(20,21)16(18)19/h3-9,16,22H,10H2,1-2H3. The summed E-state index contributed by atoms with van der Waals surface area (Å²) in [6.45, 7) is 1.88. The van der Waals surface area contributed by atoms with Gasteiger partial charge < -0.3 is 4.74 Å². The van der Waals surface area contributed by atoms with E-state index in [0.717, 1.165) is 5.56 Å². The molecule has 0 aromatic heterocycles. The maximum Gasteiger partial charge on any atom is 0.340 e. The van der Waals surface area contributed by atoms with Gasteiger partial charge in [0.05, 0.1) is 10.6 Å². The largest absolute Gasteiger partial charge is 0.487 e. The van der Waals surface area contributed by atoms with Gasteiger partial charge in [-0.2, -0.15) is 8.78 Å². The summed E-state index contributed by atoms with van der Waals surface area (Å²) in [6.07, 6.45) is -3.83. The molecule has 0 aliphatic rings. The molecule has 4 nitrogen and oxygen atoms in total. The number of halogens is 4. The fourth-order valence-electron chi connectivity index (χ4n) is 2.00. The monoisotopic (exact) mass is 391 g/mol. The van der Waals surface area contributed by atoms with E-state index in [1.807, 2.05) is 6.92 Å². The van der Waals surface area contributed by atoms with Crippen LogP contribution in [0.4, 0.5) is 23.2 Å². The van der Waals surface area contributed by atoms with E-state index in [1.54, 1.807) is 12.1 Å². The number of ether oxygens (including phenoxy) is 1. The molecular weight excluding hydrogens is 374 g/mol. The molecule has 0 amide bonds. The van der Waals surface area contributed by atoms with Crippen molar-refractivity contribution in [1.82, 2.24) is 0 Å². The first-order valence-corrected chi connectivity index (χ1v) is 8.98. The van der Waals surface area contributed by atoms with Crippen molar-refractivity contribution in [3.05, 3.63) is 53.6 Å². The molecule has 0 fully saturated rings. The van der Waals surface area contributed by atoms with E-state index in [4.69, 9.17) is 0 Å². The van der Waals surface area contributed by atoms with E-state index in [9.17, 15) is 26.0 Å². The molecule has 0 aliphatic heterocycles. The van der Waals surface area contributed by atoms with Gasteiger partial charge >= 0.3 is 12.3 Å². The van der Waals surface area contributed by atoms with E-state index in [0.29, 0.717) is 5.56 Å². The lowest BCUT2D eigenvalue weighted by atomic mass is 10.2. The first kappa shape index (κ1) is 20.0. The van der Waals surface area contributed by atoms with Crippen LogP contribution in [0.15, 0.2) is 47.4 Å². The van der Waals surface area contributed by atoms with Gasteiger partial charge in [0.25, 0.3) is 10.0 Å². The van der Waals surface area contributed by atoms with Crippen LogP contribution in [0.25, 0.3) is 0 Å². The predicted molar refractivity (Wildman–Crippen MR) is 89.6 cm³/mol. The molecule has 0 radical (unpaired) electrons. The smallest absolute Gasteiger partial charge is 0.340 e. The average molecular weight is 391 g/mol. The summed E-state index contributed by atoms with van der Waals surface area (Å²) in [4.78, 5) is 0.0689. The molecule has 0 heterocycles. The minimum absolute atomic E-state index is 0.0684. The molecule has 142 valence electrons. The minimum atomic E-state index is -4.26. The van der Waals surface area contributed by atoms with Gasteiger partial charge in [-0.25, -0.2) is 17.2 Å². The first-order chi connectivity index (χ1) is 12.0. The Morgan fingerprint density at radius 3 is 2.23 bits per heavy atom. The molecule has 0 unspecified atom stereocenters. The highest BCUT2D eigenvalue weighted by Crippen LogP contribution is 2.27. The van der Waals surface area contributed by atoms with Crippen molar-refractivity contribution in [3.8, 4) is 5.75 Å². The van der Waals surface area contributed by atoms with Gasteiger partial charge in [-0.05, 0) is 49.7 Å². The number of aryl methyl sites for hydroxylation is 2. The highest BCUT2D eigenvalue weighted by molar-refractivity contribution is 7.92. The molecule has 0 spiro atoms. The SMILES string of the molecule is Cc1ccc(S(=O)(=O)Nc2ccc(OCC(F)(F)C(F)F)cc2C)cc1. The Balaban J connectivity index is 2.13. The highest BCUT2D eigenvalue weighted by Gasteiger charge is 2.41. The van der Waals surface area contributed by atoms with Crippen LogP contribution < -0.4 is 9.46 Å². The Morgan fingerprint density at radius 2 is 1.69 bits per heavy atom. The Morgan fingerprint density at radius 1 is 1.08 bits per heavy atom. The summed E-state index contributed by atoms with van der Waals surface area (Å²) in [6, 6.07) is 10.0. The van der Waals surface area contributed by atoms with Gasteiger partial charge in [0.1, 0.15) is 5.75 Å². The molecule has 0 aliphatic carbocycles. The third kappa shape index (κ3) is 4.87. The van der Waals surface area contributed by atoms with Crippen LogP contribution in [0.2, 0.25) is 0 Å². The van der Waals surface area contributed by atoms with Crippen LogP contribution in [0.5, 0.6) is 5.75 Å². The lowest BCUT2D eigenvalue weighted by Gasteiger charge is -2.17. The summed E-state index contributed by atoms with van der Waals surface area (Å²) in [5.41, 5.74) is 1.51. The third-order valence-electron chi connectivity index (χ3n) is 3.52. The van der Waals surface area contributed by atoms with Crippen LogP contribution in [-0.2, 0) is 10.0 Å². The minimum Gasteiger partial charge on any atom is -0.487 e. The van der Waals surface area contributed by atoms with Crippen molar-refractivity contribution in [1.29, 1.82) is 0 Å². The van der Waals surface area contributed by atoms with Crippen LogP contribution in [0.1, 0.15) is 11.1 Å². The number of alkyl halides is 4. The van der Waals surface area contributed by atoms with Crippen LogP contribution >= 0.6 is 0 Å². The molecule has 0 atom stereocenters. The Labute approximate surface area is 148 Å². The predicted octanol–water partition coefficient (Wildman–Crippen LogP) is 4.38. The molecule has 26 heavy (non-hydrogen) atoms. The van der Waals surface area contributed by atoms with E-state index < -0.39 is 29.0 Å². The lowest BCUT2D eigenvalue weighted by molar-refractivity contribution is -0.148. The first-order valence-electron chi connectivity index (χ1n) is 7.50. The third-order valence-corrected chi connectivity index (χ3v) is 4.91. The number of hydrogen-bond donors (Lipinski definition) is 1. The zero-order chi connectivity index (χ0) is 19.5. The van der Waals surface area contributed by atoms with Gasteiger partial charge in [0.15, 0.2) is 6.61 Å². The molecule has 0 saturated heterocycles. The van der Waals surface area contributed by atoms with Crippen molar-refractivity contribution < 1.29 is 30.7 Å². The molecule has 9 heteroatoms. The van der Waals surface area contributed by atoms with E-state index in [-0.39, 0.29) is 16.3 Å². The van der Waals surface area contributed by atoms with Crippen LogP contribution in [-0.4, -0.2) is 27.4 Å². The summed E-state index contributed by atoms with van der Waals surface area (Å²) in [5, 5.41) is 0. The van der Waals surface area contributed by atoms with E-state index in [2.05, 4.69) is 9.46 Å². The maximum absolute atomic E-state index is 12.9. The second-order valence-corrected chi connectivity index (χ2v) is 7.43. The summed E-state index contributed by atoms with van der Waals surface area (Å²) < 4.78 is 81.8. The number of rotatable bonds is 7. The topological polar surface area (TPSA) is 55.4 Å². The van der Waals surface area contributed by atoms with Crippen molar-refractivity contribution >= 4 is 15.7 Å².